The summed E-state index contributed by atoms with van der Waals surface area (Å²) in [5, 5.41) is 3.36. The lowest BCUT2D eigenvalue weighted by atomic mass is 9.70. The molecule has 1 saturated heterocycles. The second-order valence-corrected chi connectivity index (χ2v) is 6.20. The van der Waals surface area contributed by atoms with Gasteiger partial charge in [-0.25, -0.2) is 0 Å². The zero-order chi connectivity index (χ0) is 14.9. The predicted octanol–water partition coefficient (Wildman–Crippen LogP) is 3.13. The Kier molecular flexibility index (Phi) is 4.19. The first-order valence-corrected chi connectivity index (χ1v) is 7.33. The highest BCUT2D eigenvalue weighted by atomic mass is 16.5. The van der Waals surface area contributed by atoms with Gasteiger partial charge in [0.2, 0.25) is 0 Å². The van der Waals surface area contributed by atoms with E-state index in [9.17, 15) is 4.79 Å². The second kappa shape index (κ2) is 5.57. The van der Waals surface area contributed by atoms with E-state index in [1.54, 1.807) is 7.11 Å². The minimum atomic E-state index is -0.258. The maximum absolute atomic E-state index is 13.1. The zero-order valence-electron chi connectivity index (χ0n) is 13.2. The second-order valence-electron chi connectivity index (χ2n) is 6.20. The third kappa shape index (κ3) is 2.35. The number of ether oxygens (including phenoxy) is 1. The molecule has 0 aliphatic carbocycles. The molecule has 1 aliphatic rings. The largest absolute Gasteiger partial charge is 0.496 e. The van der Waals surface area contributed by atoms with Crippen LogP contribution in [-0.4, -0.2) is 26.0 Å². The molecule has 1 aliphatic heterocycles. The summed E-state index contributed by atoms with van der Waals surface area (Å²) >= 11 is 0. The van der Waals surface area contributed by atoms with Crippen molar-refractivity contribution in [1.82, 2.24) is 5.32 Å². The van der Waals surface area contributed by atoms with Gasteiger partial charge >= 0.3 is 0 Å². The molecule has 2 rings (SSSR count). The van der Waals surface area contributed by atoms with Crippen molar-refractivity contribution in [2.24, 2.45) is 11.3 Å². The summed E-state index contributed by atoms with van der Waals surface area (Å²) in [6.45, 7) is 9.99. The van der Waals surface area contributed by atoms with Gasteiger partial charge in [0.05, 0.1) is 7.11 Å². The van der Waals surface area contributed by atoms with E-state index in [1.807, 2.05) is 26.0 Å². The average molecular weight is 275 g/mol. The zero-order valence-corrected chi connectivity index (χ0v) is 13.2. The minimum Gasteiger partial charge on any atom is -0.496 e. The fourth-order valence-electron chi connectivity index (χ4n) is 3.18. The van der Waals surface area contributed by atoms with Crippen LogP contribution in [0.5, 0.6) is 5.75 Å². The van der Waals surface area contributed by atoms with E-state index in [2.05, 4.69) is 19.2 Å². The number of nitrogens with one attached hydrogen (secondary N) is 1. The fourth-order valence-corrected chi connectivity index (χ4v) is 3.18. The van der Waals surface area contributed by atoms with Crippen molar-refractivity contribution in [2.75, 3.05) is 20.2 Å². The van der Waals surface area contributed by atoms with Gasteiger partial charge < -0.3 is 10.1 Å². The number of hydrogen-bond acceptors (Lipinski definition) is 3. The molecular weight excluding hydrogens is 250 g/mol. The lowest BCUT2D eigenvalue weighted by molar-refractivity contribution is 0.0739. The summed E-state index contributed by atoms with van der Waals surface area (Å²) in [7, 11) is 1.67. The SMILES string of the molecule is COc1cc(C)c(C(=O)C2(C(C)C)CCNC2)cc1C. The number of ketones is 1. The van der Waals surface area contributed by atoms with Crippen LogP contribution in [0.1, 0.15) is 41.8 Å². The van der Waals surface area contributed by atoms with Crippen molar-refractivity contribution in [3.63, 3.8) is 0 Å². The van der Waals surface area contributed by atoms with E-state index < -0.39 is 0 Å². The molecule has 1 heterocycles. The standard InChI is InChI=1S/C17H25NO2/c1-11(2)17(6-7-18-10-17)16(19)14-8-13(4)15(20-5)9-12(14)3/h8-9,11,18H,6-7,10H2,1-5H3. The Bertz CT molecular complexity index is 514. The molecule has 3 heteroatoms. The summed E-state index contributed by atoms with van der Waals surface area (Å²) in [4.78, 5) is 13.1. The number of Topliss-reactive ketones (excluding diaryl/α,β-unsaturated/α-hetero) is 1. The van der Waals surface area contributed by atoms with Crippen molar-refractivity contribution in [1.29, 1.82) is 0 Å². The van der Waals surface area contributed by atoms with Gasteiger partial charge in [-0.15, -0.1) is 0 Å². The summed E-state index contributed by atoms with van der Waals surface area (Å²) in [5.74, 6) is 1.47. The average Bonchev–Trinajstić information content (AvgIpc) is 2.90. The molecule has 1 N–H and O–H groups in total. The van der Waals surface area contributed by atoms with Crippen LogP contribution in [0.25, 0.3) is 0 Å². The van der Waals surface area contributed by atoms with E-state index in [0.29, 0.717) is 5.92 Å². The predicted molar refractivity (Wildman–Crippen MR) is 81.6 cm³/mol. The Hall–Kier alpha value is -1.35. The number of hydrogen-bond donors (Lipinski definition) is 1. The van der Waals surface area contributed by atoms with Crippen molar-refractivity contribution in [2.45, 2.75) is 34.1 Å². The van der Waals surface area contributed by atoms with Gasteiger partial charge in [0, 0.05) is 17.5 Å². The molecule has 0 saturated carbocycles. The number of carbonyl (C=O) groups excluding carboxylic acids is 1. The highest BCUT2D eigenvalue weighted by molar-refractivity contribution is 6.02. The lowest BCUT2D eigenvalue weighted by Gasteiger charge is -2.31. The first kappa shape index (κ1) is 15.0. The number of methoxy groups -OCH3 is 1. The van der Waals surface area contributed by atoms with E-state index in [0.717, 1.165) is 42.0 Å². The lowest BCUT2D eigenvalue weighted by Crippen LogP contribution is -2.39. The smallest absolute Gasteiger partial charge is 0.170 e. The highest BCUT2D eigenvalue weighted by Gasteiger charge is 2.44. The van der Waals surface area contributed by atoms with Crippen molar-refractivity contribution >= 4 is 5.78 Å². The van der Waals surface area contributed by atoms with Gasteiger partial charge in [-0.3, -0.25) is 4.79 Å². The Morgan fingerprint density at radius 2 is 2.00 bits per heavy atom. The van der Waals surface area contributed by atoms with Crippen LogP contribution in [0.3, 0.4) is 0 Å². The van der Waals surface area contributed by atoms with Crippen LogP contribution in [0, 0.1) is 25.2 Å². The molecule has 0 bridgehead atoms. The normalized spacial score (nSPS) is 22.3. The summed E-state index contributed by atoms with van der Waals surface area (Å²) in [6, 6.07) is 3.96. The van der Waals surface area contributed by atoms with Crippen molar-refractivity contribution in [3.05, 3.63) is 28.8 Å². The van der Waals surface area contributed by atoms with Gasteiger partial charge in [-0.05, 0) is 56.0 Å². The topological polar surface area (TPSA) is 38.3 Å². The Labute approximate surface area is 121 Å². The molecule has 1 aromatic rings. The van der Waals surface area contributed by atoms with Crippen LogP contribution in [0.2, 0.25) is 0 Å². The van der Waals surface area contributed by atoms with Crippen LogP contribution >= 0.6 is 0 Å². The Balaban J connectivity index is 2.45. The van der Waals surface area contributed by atoms with E-state index in [1.165, 1.54) is 0 Å². The van der Waals surface area contributed by atoms with Gasteiger partial charge in [0.15, 0.2) is 5.78 Å². The third-order valence-electron chi connectivity index (χ3n) is 4.73. The fraction of sp³-hybridized carbons (Fsp3) is 0.588. The van der Waals surface area contributed by atoms with Gasteiger partial charge in [-0.2, -0.15) is 0 Å². The van der Waals surface area contributed by atoms with Crippen molar-refractivity contribution < 1.29 is 9.53 Å². The Morgan fingerprint density at radius 3 is 2.50 bits per heavy atom. The monoisotopic (exact) mass is 275 g/mol. The summed E-state index contributed by atoms with van der Waals surface area (Å²) < 4.78 is 5.33. The molecule has 110 valence electrons. The molecule has 0 radical (unpaired) electrons. The minimum absolute atomic E-state index is 0.258. The number of rotatable bonds is 4. The van der Waals surface area contributed by atoms with Gasteiger partial charge in [0.1, 0.15) is 5.75 Å². The van der Waals surface area contributed by atoms with Gasteiger partial charge in [-0.1, -0.05) is 13.8 Å². The molecule has 1 atom stereocenters. The molecule has 3 nitrogen and oxygen atoms in total. The summed E-state index contributed by atoms with van der Waals surface area (Å²) in [5.41, 5.74) is 2.61. The van der Waals surface area contributed by atoms with Gasteiger partial charge in [0.25, 0.3) is 0 Å². The third-order valence-corrected chi connectivity index (χ3v) is 4.73. The number of benzene rings is 1. The molecule has 1 unspecified atom stereocenters. The Morgan fingerprint density at radius 1 is 1.30 bits per heavy atom. The number of carbonyl (C=O) groups is 1. The first-order chi connectivity index (χ1) is 9.42. The molecule has 20 heavy (non-hydrogen) atoms. The molecule has 1 fully saturated rings. The maximum atomic E-state index is 13.1. The van der Waals surface area contributed by atoms with E-state index >= 15 is 0 Å². The quantitative estimate of drug-likeness (QED) is 0.858. The van der Waals surface area contributed by atoms with Crippen molar-refractivity contribution in [3.8, 4) is 5.75 Å². The molecule has 1 aromatic carbocycles. The maximum Gasteiger partial charge on any atom is 0.170 e. The molecule has 0 amide bonds. The van der Waals surface area contributed by atoms with Crippen LogP contribution in [-0.2, 0) is 0 Å². The highest BCUT2D eigenvalue weighted by Crippen LogP contribution is 2.39. The van der Waals surface area contributed by atoms with Crippen LogP contribution in [0.4, 0.5) is 0 Å². The molecule has 0 aromatic heterocycles. The van der Waals surface area contributed by atoms with E-state index in [-0.39, 0.29) is 11.2 Å². The molecular formula is C17H25NO2. The van der Waals surface area contributed by atoms with E-state index in [4.69, 9.17) is 4.74 Å². The number of aryl methyl sites for hydroxylation is 2. The van der Waals surface area contributed by atoms with Crippen LogP contribution in [0.15, 0.2) is 12.1 Å². The van der Waals surface area contributed by atoms with Crippen LogP contribution < -0.4 is 10.1 Å². The molecule has 0 spiro atoms. The summed E-state index contributed by atoms with van der Waals surface area (Å²) in [6.07, 6.45) is 0.925. The first-order valence-electron chi connectivity index (χ1n) is 7.33.